The first-order valence-electron chi connectivity index (χ1n) is 5.16. The molecule has 0 unspecified atom stereocenters. The van der Waals surface area contributed by atoms with E-state index in [0.717, 1.165) is 11.6 Å². The third kappa shape index (κ3) is 1.84. The van der Waals surface area contributed by atoms with Gasteiger partial charge in [0.25, 0.3) is 0 Å². The number of carbonyl (C=O) groups is 2. The Kier molecular flexibility index (Phi) is 3.03. The highest BCUT2D eigenvalue weighted by atomic mass is 16.5. The van der Waals surface area contributed by atoms with Crippen LogP contribution in [0.25, 0.3) is 5.65 Å². The summed E-state index contributed by atoms with van der Waals surface area (Å²) in [6.07, 6.45) is 0. The van der Waals surface area contributed by atoms with Crippen molar-refractivity contribution in [1.29, 1.82) is 0 Å². The lowest BCUT2D eigenvalue weighted by atomic mass is 10.2. The van der Waals surface area contributed by atoms with Crippen molar-refractivity contribution >= 4 is 17.6 Å². The number of methoxy groups -OCH3 is 2. The lowest BCUT2D eigenvalue weighted by molar-refractivity contribution is 0.0587. The molecule has 0 aromatic carbocycles. The second kappa shape index (κ2) is 4.52. The highest BCUT2D eigenvalue weighted by molar-refractivity contribution is 5.97. The fraction of sp³-hybridized carbons (Fsp3) is 0.300. The van der Waals surface area contributed by atoms with E-state index >= 15 is 0 Å². The zero-order valence-electron chi connectivity index (χ0n) is 10.4. The van der Waals surface area contributed by atoms with Gasteiger partial charge in [-0.2, -0.15) is 4.52 Å². The first kappa shape index (κ1) is 12.7. The van der Waals surface area contributed by atoms with Crippen LogP contribution < -0.4 is 5.56 Å². The molecule has 2 rings (SSSR count). The van der Waals surface area contributed by atoms with E-state index in [1.165, 1.54) is 7.11 Å². The molecule has 19 heavy (non-hydrogen) atoms. The van der Waals surface area contributed by atoms with Gasteiger partial charge in [0.05, 0.1) is 14.2 Å². The summed E-state index contributed by atoms with van der Waals surface area (Å²) in [7, 11) is 2.33. The van der Waals surface area contributed by atoms with Crippen molar-refractivity contribution in [3.8, 4) is 0 Å². The largest absolute Gasteiger partial charge is 0.465 e. The van der Waals surface area contributed by atoms with Crippen molar-refractivity contribution in [2.45, 2.75) is 6.92 Å². The summed E-state index contributed by atoms with van der Waals surface area (Å²) in [5.41, 5.74) is -0.779. The van der Waals surface area contributed by atoms with Crippen molar-refractivity contribution in [2.24, 2.45) is 0 Å². The average Bonchev–Trinajstić information content (AvgIpc) is 2.75. The third-order valence-electron chi connectivity index (χ3n) is 2.51. The van der Waals surface area contributed by atoms with Gasteiger partial charge in [0.1, 0.15) is 5.56 Å². The highest BCUT2D eigenvalue weighted by Crippen LogP contribution is 2.12. The molecule has 0 spiro atoms. The smallest absolute Gasteiger partial charge is 0.364 e. The van der Waals surface area contributed by atoms with Gasteiger partial charge in [-0.1, -0.05) is 0 Å². The summed E-state index contributed by atoms with van der Waals surface area (Å²) in [5, 5.41) is 9.79. The summed E-state index contributed by atoms with van der Waals surface area (Å²) < 4.78 is 9.95. The van der Waals surface area contributed by atoms with E-state index in [2.05, 4.69) is 24.8 Å². The number of aryl methyl sites for hydroxylation is 1. The van der Waals surface area contributed by atoms with Crippen molar-refractivity contribution in [1.82, 2.24) is 19.8 Å². The molecule has 0 atom stereocenters. The Morgan fingerprint density at radius 2 is 1.79 bits per heavy atom. The second-order valence-corrected chi connectivity index (χ2v) is 3.61. The van der Waals surface area contributed by atoms with Gasteiger partial charge in [0.15, 0.2) is 5.65 Å². The first-order chi connectivity index (χ1) is 9.01. The molecule has 0 amide bonds. The number of nitrogens with zero attached hydrogens (tertiary/aromatic N) is 3. The summed E-state index contributed by atoms with van der Waals surface area (Å²) in [5.74, 6) is -1.56. The zero-order chi connectivity index (χ0) is 14.2. The fourth-order valence-corrected chi connectivity index (χ4v) is 1.62. The summed E-state index contributed by atoms with van der Waals surface area (Å²) in [6.45, 7) is 1.57. The van der Waals surface area contributed by atoms with Crippen molar-refractivity contribution in [3.63, 3.8) is 0 Å². The maximum Gasteiger partial charge on any atom is 0.364 e. The molecule has 9 nitrogen and oxygen atoms in total. The van der Waals surface area contributed by atoms with Gasteiger partial charge in [-0.15, -0.1) is 10.2 Å². The quantitative estimate of drug-likeness (QED) is 0.714. The molecule has 0 aliphatic heterocycles. The van der Waals surface area contributed by atoms with Crippen LogP contribution in [0.2, 0.25) is 0 Å². The van der Waals surface area contributed by atoms with Crippen LogP contribution in [0.3, 0.4) is 0 Å². The molecule has 2 aromatic rings. The summed E-state index contributed by atoms with van der Waals surface area (Å²) in [4.78, 5) is 34.9. The van der Waals surface area contributed by atoms with E-state index in [1.54, 1.807) is 6.92 Å². The molecule has 0 aliphatic rings. The number of nitrogens with one attached hydrogen (secondary N) is 1. The van der Waals surface area contributed by atoms with Crippen LogP contribution in [0.15, 0.2) is 4.79 Å². The minimum absolute atomic E-state index is 0.0120. The third-order valence-corrected chi connectivity index (χ3v) is 2.51. The molecule has 0 radical (unpaired) electrons. The Morgan fingerprint density at radius 1 is 1.16 bits per heavy atom. The van der Waals surface area contributed by atoms with Gasteiger partial charge >= 0.3 is 17.5 Å². The minimum Gasteiger partial charge on any atom is -0.465 e. The number of hydrogen-bond acceptors (Lipinski definition) is 7. The van der Waals surface area contributed by atoms with Crippen LogP contribution in [0, 0.1) is 6.92 Å². The predicted molar refractivity (Wildman–Crippen MR) is 61.0 cm³/mol. The molecule has 0 fully saturated rings. The van der Waals surface area contributed by atoms with Gasteiger partial charge in [0.2, 0.25) is 5.69 Å². The number of aromatic amines is 1. The van der Waals surface area contributed by atoms with Crippen molar-refractivity contribution < 1.29 is 19.1 Å². The van der Waals surface area contributed by atoms with E-state index in [9.17, 15) is 14.4 Å². The van der Waals surface area contributed by atoms with E-state index in [0.29, 0.717) is 5.69 Å². The topological polar surface area (TPSA) is 116 Å². The predicted octanol–water partition coefficient (Wildman–Crippen LogP) is -0.701. The monoisotopic (exact) mass is 266 g/mol. The number of rotatable bonds is 2. The van der Waals surface area contributed by atoms with E-state index in [1.807, 2.05) is 0 Å². The minimum atomic E-state index is -0.904. The standard InChI is InChI=1S/C10H10N4O5/c1-4-5(9(16)18-2)7-12-11-6(10(17)19-3)8(15)14(7)13-4/h13H,1-3H3. The number of hydrogen-bond donors (Lipinski definition) is 1. The van der Waals surface area contributed by atoms with Gasteiger partial charge in [-0.3, -0.25) is 9.89 Å². The number of esters is 2. The lowest BCUT2D eigenvalue weighted by Gasteiger charge is -1.98. The first-order valence-corrected chi connectivity index (χ1v) is 5.16. The van der Waals surface area contributed by atoms with Crippen LogP contribution in [-0.4, -0.2) is 46.0 Å². The number of H-pyrrole nitrogens is 1. The van der Waals surface area contributed by atoms with Gasteiger partial charge in [-0.25, -0.2) is 9.59 Å². The molecule has 1 N–H and O–H groups in total. The summed E-state index contributed by atoms with van der Waals surface area (Å²) >= 11 is 0. The Hall–Kier alpha value is -2.71. The van der Waals surface area contributed by atoms with Gasteiger partial charge in [0, 0.05) is 5.69 Å². The Balaban J connectivity index is 2.77. The van der Waals surface area contributed by atoms with Gasteiger partial charge < -0.3 is 9.47 Å². The lowest BCUT2D eigenvalue weighted by Crippen LogP contribution is -2.26. The molecule has 100 valence electrons. The Bertz CT molecular complexity index is 729. The van der Waals surface area contributed by atoms with Gasteiger partial charge in [-0.05, 0) is 6.92 Å². The maximum absolute atomic E-state index is 12.0. The average molecular weight is 266 g/mol. The van der Waals surface area contributed by atoms with Crippen LogP contribution in [0.1, 0.15) is 26.5 Å². The second-order valence-electron chi connectivity index (χ2n) is 3.61. The van der Waals surface area contributed by atoms with Crippen molar-refractivity contribution in [3.05, 3.63) is 27.3 Å². The van der Waals surface area contributed by atoms with E-state index in [-0.39, 0.29) is 11.2 Å². The number of ether oxygens (including phenoxy) is 2. The molecule has 0 saturated carbocycles. The van der Waals surface area contributed by atoms with E-state index in [4.69, 9.17) is 0 Å². The molecule has 0 aliphatic carbocycles. The van der Waals surface area contributed by atoms with Crippen LogP contribution in [-0.2, 0) is 9.47 Å². The number of carbonyl (C=O) groups excluding carboxylic acids is 2. The van der Waals surface area contributed by atoms with Crippen LogP contribution in [0.5, 0.6) is 0 Å². The highest BCUT2D eigenvalue weighted by Gasteiger charge is 2.23. The normalized spacial score (nSPS) is 10.5. The van der Waals surface area contributed by atoms with Crippen LogP contribution in [0.4, 0.5) is 0 Å². The summed E-state index contributed by atoms with van der Waals surface area (Å²) in [6, 6.07) is 0. The number of fused-ring (bicyclic) bond motifs is 1. The molecule has 2 aromatic heterocycles. The Morgan fingerprint density at radius 3 is 2.37 bits per heavy atom. The van der Waals surface area contributed by atoms with Crippen LogP contribution >= 0.6 is 0 Å². The molecular weight excluding hydrogens is 256 g/mol. The molecule has 0 bridgehead atoms. The molecular formula is C10H10N4O5. The maximum atomic E-state index is 12.0. The molecule has 0 saturated heterocycles. The van der Waals surface area contributed by atoms with E-state index < -0.39 is 23.2 Å². The molecule has 2 heterocycles. The SMILES string of the molecule is COC(=O)c1nnc2c(C(=O)OC)c(C)[nH]n2c1=O. The zero-order valence-corrected chi connectivity index (χ0v) is 10.4. The number of aromatic nitrogens is 4. The molecule has 9 heteroatoms. The van der Waals surface area contributed by atoms with Crippen molar-refractivity contribution in [2.75, 3.05) is 14.2 Å². The fourth-order valence-electron chi connectivity index (χ4n) is 1.62. The Labute approximate surface area is 106 Å².